The molecule has 2 aromatic rings. The average molecular weight is 284 g/mol. The second kappa shape index (κ2) is 3.14. The lowest BCUT2D eigenvalue weighted by atomic mass is 10.1. The fourth-order valence-corrected chi connectivity index (χ4v) is 1.73. The van der Waals surface area contributed by atoms with Crippen LogP contribution in [0.1, 0.15) is 5.56 Å². The Bertz CT molecular complexity index is 466. The Kier molecular flexibility index (Phi) is 2.11. The molecular weight excluding hydrogens is 275 g/mol. The standard InChI is InChI=1S/C10H9IN2/c1-6-2-3-7-9(4-6)13-5-8(11)10(7)12/h2-5H,1H3,(H2,12,13). The van der Waals surface area contributed by atoms with Gasteiger partial charge in [-0.3, -0.25) is 4.98 Å². The number of fused-ring (bicyclic) bond motifs is 1. The van der Waals surface area contributed by atoms with Crippen LogP contribution in [0.3, 0.4) is 0 Å². The number of nitrogen functional groups attached to an aromatic ring is 1. The van der Waals surface area contributed by atoms with Crippen LogP contribution in [0.2, 0.25) is 0 Å². The number of benzene rings is 1. The van der Waals surface area contributed by atoms with Gasteiger partial charge in [0.25, 0.3) is 0 Å². The Labute approximate surface area is 90.3 Å². The van der Waals surface area contributed by atoms with Gasteiger partial charge in [0.2, 0.25) is 0 Å². The minimum atomic E-state index is 0.825. The summed E-state index contributed by atoms with van der Waals surface area (Å²) >= 11 is 2.19. The van der Waals surface area contributed by atoms with Crippen molar-refractivity contribution in [3.8, 4) is 0 Å². The van der Waals surface area contributed by atoms with Crippen LogP contribution in [0, 0.1) is 10.5 Å². The molecule has 0 aliphatic rings. The number of hydrogen-bond acceptors (Lipinski definition) is 2. The maximum atomic E-state index is 5.92. The van der Waals surface area contributed by atoms with Gasteiger partial charge in [0.05, 0.1) is 14.8 Å². The Balaban J connectivity index is 2.87. The van der Waals surface area contributed by atoms with Gasteiger partial charge in [-0.25, -0.2) is 0 Å². The highest BCUT2D eigenvalue weighted by Gasteiger charge is 2.02. The van der Waals surface area contributed by atoms with E-state index in [0.29, 0.717) is 0 Å². The average Bonchev–Trinajstić information content (AvgIpc) is 2.12. The van der Waals surface area contributed by atoms with Crippen molar-refractivity contribution in [2.24, 2.45) is 0 Å². The molecule has 0 bridgehead atoms. The smallest absolute Gasteiger partial charge is 0.0726 e. The van der Waals surface area contributed by atoms with Crippen LogP contribution in [-0.2, 0) is 0 Å². The predicted octanol–water partition coefficient (Wildman–Crippen LogP) is 2.73. The summed E-state index contributed by atoms with van der Waals surface area (Å²) in [5.41, 5.74) is 8.92. The summed E-state index contributed by atoms with van der Waals surface area (Å²) in [6.07, 6.45) is 1.80. The van der Waals surface area contributed by atoms with E-state index in [-0.39, 0.29) is 0 Å². The lowest BCUT2D eigenvalue weighted by Gasteiger charge is -2.03. The van der Waals surface area contributed by atoms with Crippen LogP contribution >= 0.6 is 22.6 Å². The van der Waals surface area contributed by atoms with Gasteiger partial charge in [0, 0.05) is 11.6 Å². The summed E-state index contributed by atoms with van der Waals surface area (Å²) < 4.78 is 1.01. The summed E-state index contributed by atoms with van der Waals surface area (Å²) in [6, 6.07) is 6.12. The van der Waals surface area contributed by atoms with Crippen molar-refractivity contribution < 1.29 is 0 Å². The van der Waals surface area contributed by atoms with E-state index in [4.69, 9.17) is 5.73 Å². The number of anilines is 1. The highest BCUT2D eigenvalue weighted by molar-refractivity contribution is 14.1. The third-order valence-corrected chi connectivity index (χ3v) is 2.88. The molecule has 0 aliphatic heterocycles. The van der Waals surface area contributed by atoms with Crippen molar-refractivity contribution in [2.45, 2.75) is 6.92 Å². The molecule has 0 radical (unpaired) electrons. The molecule has 0 fully saturated rings. The molecule has 0 saturated carbocycles. The number of pyridine rings is 1. The summed E-state index contributed by atoms with van der Waals surface area (Å²) in [7, 11) is 0. The van der Waals surface area contributed by atoms with Crippen LogP contribution in [0.25, 0.3) is 10.9 Å². The molecule has 0 unspecified atom stereocenters. The first-order valence-corrected chi connectivity index (χ1v) is 5.06. The third kappa shape index (κ3) is 1.48. The molecule has 0 saturated heterocycles. The maximum absolute atomic E-state index is 5.92. The topological polar surface area (TPSA) is 38.9 Å². The van der Waals surface area contributed by atoms with Crippen molar-refractivity contribution in [1.82, 2.24) is 4.98 Å². The second-order valence-electron chi connectivity index (χ2n) is 3.04. The molecule has 2 rings (SSSR count). The van der Waals surface area contributed by atoms with Gasteiger partial charge in [0.1, 0.15) is 0 Å². The summed E-state index contributed by atoms with van der Waals surface area (Å²) in [6.45, 7) is 2.05. The molecule has 3 heteroatoms. The normalized spacial score (nSPS) is 10.6. The molecule has 66 valence electrons. The summed E-state index contributed by atoms with van der Waals surface area (Å²) in [5.74, 6) is 0. The third-order valence-electron chi connectivity index (χ3n) is 2.02. The molecule has 1 heterocycles. The van der Waals surface area contributed by atoms with E-state index in [1.165, 1.54) is 5.56 Å². The summed E-state index contributed by atoms with van der Waals surface area (Å²) in [5, 5.41) is 1.04. The molecule has 1 aromatic heterocycles. The zero-order valence-corrected chi connectivity index (χ0v) is 9.37. The van der Waals surface area contributed by atoms with Crippen LogP contribution in [-0.4, -0.2) is 4.98 Å². The predicted molar refractivity (Wildman–Crippen MR) is 63.6 cm³/mol. The molecular formula is C10H9IN2. The van der Waals surface area contributed by atoms with Crippen LogP contribution in [0.4, 0.5) is 5.69 Å². The SMILES string of the molecule is Cc1ccc2c(N)c(I)cnc2c1. The van der Waals surface area contributed by atoms with Crippen molar-refractivity contribution in [2.75, 3.05) is 5.73 Å². The maximum Gasteiger partial charge on any atom is 0.0726 e. The van der Waals surface area contributed by atoms with E-state index < -0.39 is 0 Å². The van der Waals surface area contributed by atoms with Gasteiger partial charge >= 0.3 is 0 Å². The molecule has 0 spiro atoms. The number of nitrogens with two attached hydrogens (primary N) is 1. The number of aromatic nitrogens is 1. The van der Waals surface area contributed by atoms with Gasteiger partial charge in [0.15, 0.2) is 0 Å². The molecule has 0 atom stereocenters. The van der Waals surface area contributed by atoms with E-state index in [1.807, 2.05) is 12.1 Å². The second-order valence-corrected chi connectivity index (χ2v) is 4.20. The fourth-order valence-electron chi connectivity index (χ4n) is 1.30. The van der Waals surface area contributed by atoms with E-state index in [2.05, 4.69) is 40.6 Å². The first-order chi connectivity index (χ1) is 6.18. The quantitative estimate of drug-likeness (QED) is 0.755. The lowest BCUT2D eigenvalue weighted by molar-refractivity contribution is 1.37. The largest absolute Gasteiger partial charge is 0.397 e. The van der Waals surface area contributed by atoms with Crippen molar-refractivity contribution in [1.29, 1.82) is 0 Å². The number of halogens is 1. The lowest BCUT2D eigenvalue weighted by Crippen LogP contribution is -1.93. The molecule has 0 amide bonds. The van der Waals surface area contributed by atoms with Crippen molar-refractivity contribution in [3.63, 3.8) is 0 Å². The zero-order chi connectivity index (χ0) is 9.42. The van der Waals surface area contributed by atoms with E-state index in [0.717, 1.165) is 20.2 Å². The Morgan fingerprint density at radius 2 is 2.15 bits per heavy atom. The van der Waals surface area contributed by atoms with Gasteiger partial charge in [-0.15, -0.1) is 0 Å². The van der Waals surface area contributed by atoms with Gasteiger partial charge in [-0.2, -0.15) is 0 Å². The van der Waals surface area contributed by atoms with Crippen LogP contribution in [0.15, 0.2) is 24.4 Å². The molecule has 2 nitrogen and oxygen atoms in total. The van der Waals surface area contributed by atoms with Gasteiger partial charge in [-0.05, 0) is 41.1 Å². The monoisotopic (exact) mass is 284 g/mol. The first-order valence-electron chi connectivity index (χ1n) is 3.99. The minimum Gasteiger partial charge on any atom is -0.397 e. The Hall–Kier alpha value is -0.840. The molecule has 0 aliphatic carbocycles. The molecule has 13 heavy (non-hydrogen) atoms. The highest BCUT2D eigenvalue weighted by Crippen LogP contribution is 2.24. The zero-order valence-electron chi connectivity index (χ0n) is 7.21. The number of nitrogens with zero attached hydrogens (tertiary/aromatic N) is 1. The molecule has 1 aromatic carbocycles. The van der Waals surface area contributed by atoms with E-state index in [9.17, 15) is 0 Å². The number of hydrogen-bond donors (Lipinski definition) is 1. The number of rotatable bonds is 0. The number of aryl methyl sites for hydroxylation is 1. The van der Waals surface area contributed by atoms with Gasteiger partial charge in [-0.1, -0.05) is 12.1 Å². The van der Waals surface area contributed by atoms with Crippen molar-refractivity contribution >= 4 is 39.2 Å². The van der Waals surface area contributed by atoms with Crippen LogP contribution < -0.4 is 5.73 Å². The highest BCUT2D eigenvalue weighted by atomic mass is 127. The fraction of sp³-hybridized carbons (Fsp3) is 0.100. The summed E-state index contributed by atoms with van der Waals surface area (Å²) in [4.78, 5) is 4.31. The van der Waals surface area contributed by atoms with E-state index >= 15 is 0 Å². The minimum absolute atomic E-state index is 0.825. The van der Waals surface area contributed by atoms with Gasteiger partial charge < -0.3 is 5.73 Å². The Morgan fingerprint density at radius 1 is 1.38 bits per heavy atom. The van der Waals surface area contributed by atoms with E-state index in [1.54, 1.807) is 6.20 Å². The van der Waals surface area contributed by atoms with Crippen LogP contribution in [0.5, 0.6) is 0 Å². The molecule has 2 N–H and O–H groups in total. The Morgan fingerprint density at radius 3 is 2.92 bits per heavy atom. The first kappa shape index (κ1) is 8.74. The van der Waals surface area contributed by atoms with Crippen molar-refractivity contribution in [3.05, 3.63) is 33.5 Å².